The fourth-order valence-electron chi connectivity index (χ4n) is 0.621. The Morgan fingerprint density at radius 1 is 1.58 bits per heavy atom. The van der Waals surface area contributed by atoms with E-state index in [9.17, 15) is 8.42 Å². The minimum atomic E-state index is -3.47. The molecule has 0 radical (unpaired) electrons. The van der Waals surface area contributed by atoms with Crippen LogP contribution < -0.4 is 5.73 Å². The van der Waals surface area contributed by atoms with Gasteiger partial charge in [-0.1, -0.05) is 12.2 Å². The zero-order valence-electron chi connectivity index (χ0n) is 6.30. The molecule has 5 nitrogen and oxygen atoms in total. The first-order valence-electron chi connectivity index (χ1n) is 3.15. The molecule has 1 atom stereocenters. The lowest BCUT2D eigenvalue weighted by Gasteiger charge is -2.06. The van der Waals surface area contributed by atoms with Gasteiger partial charge in [-0.15, -0.1) is 0 Å². The zero-order valence-corrected chi connectivity index (χ0v) is 7.94. The second-order valence-corrected chi connectivity index (χ2v) is 4.99. The normalized spacial score (nSPS) is 14.2. The lowest BCUT2D eigenvalue weighted by atomic mass is 10.4. The van der Waals surface area contributed by atoms with E-state index >= 15 is 0 Å². The number of rotatable bonds is 5. The van der Waals surface area contributed by atoms with Gasteiger partial charge in [0.1, 0.15) is 5.75 Å². The molecule has 0 fully saturated rings. The second-order valence-electron chi connectivity index (χ2n) is 2.36. The van der Waals surface area contributed by atoms with Gasteiger partial charge >= 0.3 is 0 Å². The van der Waals surface area contributed by atoms with E-state index in [1.165, 1.54) is 0 Å². The molecule has 4 N–H and O–H groups in total. The summed E-state index contributed by atoms with van der Waals surface area (Å²) in [7, 11) is -3.47. The Bertz CT molecular complexity index is 248. The molecule has 0 aromatic carbocycles. The first-order valence-corrected chi connectivity index (χ1v) is 5.38. The Morgan fingerprint density at radius 2 is 2.08 bits per heavy atom. The van der Waals surface area contributed by atoms with Crippen LogP contribution in [0.25, 0.3) is 0 Å². The molecule has 0 saturated heterocycles. The average molecular weight is 213 g/mol. The summed E-state index contributed by atoms with van der Waals surface area (Å²) >= 11 is 4.39. The van der Waals surface area contributed by atoms with E-state index in [0.29, 0.717) is 0 Å². The molecule has 0 spiro atoms. The summed E-state index contributed by atoms with van der Waals surface area (Å²) in [6.45, 7) is -0.587. The van der Waals surface area contributed by atoms with Gasteiger partial charge in [-0.25, -0.2) is 8.42 Å². The topological polar surface area (TPSA) is 101 Å². The summed E-state index contributed by atoms with van der Waals surface area (Å²) in [5.41, 5.74) is 5.00. The maximum Gasteiger partial charge on any atom is 0.159 e. The molecule has 1 unspecified atom stereocenters. The Morgan fingerprint density at radius 3 is 2.42 bits per heavy atom. The van der Waals surface area contributed by atoms with Crippen LogP contribution in [0.2, 0.25) is 0 Å². The molecular formula is C5H11NO4S2. The highest BCUT2D eigenvalue weighted by Gasteiger charge is 2.17. The van der Waals surface area contributed by atoms with E-state index in [0.717, 1.165) is 0 Å². The monoisotopic (exact) mass is 213 g/mol. The molecule has 12 heavy (non-hydrogen) atoms. The molecule has 0 heterocycles. The molecule has 0 saturated carbocycles. The largest absolute Gasteiger partial charge is 0.394 e. The minimum absolute atomic E-state index is 0.139. The maximum atomic E-state index is 11.0. The molecular weight excluding hydrogens is 202 g/mol. The molecule has 0 rings (SSSR count). The summed E-state index contributed by atoms with van der Waals surface area (Å²) in [6, 6.07) is 0. The number of hydrogen-bond acceptors (Lipinski definition) is 5. The molecule has 0 aliphatic heterocycles. The maximum absolute atomic E-state index is 11.0. The molecule has 7 heteroatoms. The summed E-state index contributed by atoms with van der Waals surface area (Å²) in [4.78, 5) is -0.139. The predicted molar refractivity (Wildman–Crippen MR) is 48.5 cm³/mol. The van der Waals surface area contributed by atoms with Gasteiger partial charge in [-0.05, 0) is 0 Å². The van der Waals surface area contributed by atoms with E-state index in [4.69, 9.17) is 15.9 Å². The Balaban J connectivity index is 4.15. The molecule has 72 valence electrons. The summed E-state index contributed by atoms with van der Waals surface area (Å²) in [6.07, 6.45) is -1.26. The van der Waals surface area contributed by atoms with Gasteiger partial charge < -0.3 is 15.9 Å². The van der Waals surface area contributed by atoms with Crippen LogP contribution in [0.15, 0.2) is 0 Å². The summed E-state index contributed by atoms with van der Waals surface area (Å²) in [5.74, 6) is -0.944. The van der Waals surface area contributed by atoms with Crippen LogP contribution in [0.1, 0.15) is 0 Å². The van der Waals surface area contributed by atoms with Crippen LogP contribution in [-0.2, 0) is 9.84 Å². The van der Waals surface area contributed by atoms with Crippen molar-refractivity contribution in [3.63, 3.8) is 0 Å². The van der Waals surface area contributed by atoms with Gasteiger partial charge in [0.15, 0.2) is 9.84 Å². The first kappa shape index (κ1) is 11.8. The molecule has 0 aliphatic rings. The molecule has 0 aromatic rings. The Kier molecular flexibility index (Phi) is 4.61. The first-order chi connectivity index (χ1) is 5.37. The number of nitrogens with two attached hydrogens (primary N) is 1. The highest BCUT2D eigenvalue weighted by atomic mass is 32.2. The number of aliphatic hydroxyl groups excluding tert-OH is 2. The number of aliphatic hydroxyl groups is 2. The highest BCUT2D eigenvalue weighted by Crippen LogP contribution is 1.94. The van der Waals surface area contributed by atoms with Gasteiger partial charge in [-0.3, -0.25) is 0 Å². The zero-order chi connectivity index (χ0) is 9.78. The standard InChI is InChI=1S/C5H11NO4S2/c6-5(11)3-12(9,10)2-4(8)1-7/h4,7-8H,1-3H2,(H2,6,11). The summed E-state index contributed by atoms with van der Waals surface area (Å²) in [5, 5.41) is 17.1. The number of thiocarbonyl (C=S) groups is 1. The lowest BCUT2D eigenvalue weighted by Crippen LogP contribution is -2.30. The van der Waals surface area contributed by atoms with Crippen LogP contribution in [0, 0.1) is 0 Å². The van der Waals surface area contributed by atoms with Gasteiger partial charge in [0.05, 0.1) is 23.5 Å². The van der Waals surface area contributed by atoms with Crippen LogP contribution in [0.5, 0.6) is 0 Å². The highest BCUT2D eigenvalue weighted by molar-refractivity contribution is 7.93. The van der Waals surface area contributed by atoms with Crippen LogP contribution in [-0.4, -0.2) is 47.8 Å². The predicted octanol–water partition coefficient (Wildman–Crippen LogP) is -1.96. The second kappa shape index (κ2) is 4.70. The van der Waals surface area contributed by atoms with Crippen molar-refractivity contribution in [2.75, 3.05) is 18.1 Å². The number of hydrogen-bond donors (Lipinski definition) is 3. The van der Waals surface area contributed by atoms with E-state index in [2.05, 4.69) is 12.2 Å². The van der Waals surface area contributed by atoms with Gasteiger partial charge in [-0.2, -0.15) is 0 Å². The van der Waals surface area contributed by atoms with Crippen molar-refractivity contribution in [3.8, 4) is 0 Å². The SMILES string of the molecule is NC(=S)CS(=O)(=O)CC(O)CO. The minimum Gasteiger partial charge on any atom is -0.394 e. The van der Waals surface area contributed by atoms with Gasteiger partial charge in [0, 0.05) is 0 Å². The molecule has 0 amide bonds. The van der Waals surface area contributed by atoms with E-state index in [1.807, 2.05) is 0 Å². The Hall–Kier alpha value is -0.240. The fourth-order valence-corrected chi connectivity index (χ4v) is 2.40. The van der Waals surface area contributed by atoms with Crippen molar-refractivity contribution >= 4 is 27.0 Å². The average Bonchev–Trinajstić information content (AvgIpc) is 1.83. The van der Waals surface area contributed by atoms with E-state index in [-0.39, 0.29) is 4.99 Å². The smallest absolute Gasteiger partial charge is 0.159 e. The lowest BCUT2D eigenvalue weighted by molar-refractivity contribution is 0.112. The Labute approximate surface area is 76.1 Å². The van der Waals surface area contributed by atoms with Crippen molar-refractivity contribution < 1.29 is 18.6 Å². The van der Waals surface area contributed by atoms with Gasteiger partial charge in [0.25, 0.3) is 0 Å². The van der Waals surface area contributed by atoms with Crippen LogP contribution in [0.4, 0.5) is 0 Å². The molecule has 0 aromatic heterocycles. The van der Waals surface area contributed by atoms with Gasteiger partial charge in [0.2, 0.25) is 0 Å². The fraction of sp³-hybridized carbons (Fsp3) is 0.800. The third-order valence-electron chi connectivity index (χ3n) is 1.02. The van der Waals surface area contributed by atoms with Crippen molar-refractivity contribution in [3.05, 3.63) is 0 Å². The van der Waals surface area contributed by atoms with Crippen LogP contribution in [0.3, 0.4) is 0 Å². The third kappa shape index (κ3) is 5.42. The quantitative estimate of drug-likeness (QED) is 0.458. The van der Waals surface area contributed by atoms with Crippen molar-refractivity contribution in [2.24, 2.45) is 5.73 Å². The molecule has 0 aliphatic carbocycles. The van der Waals surface area contributed by atoms with E-state index in [1.54, 1.807) is 0 Å². The summed E-state index contributed by atoms with van der Waals surface area (Å²) < 4.78 is 21.9. The van der Waals surface area contributed by atoms with Crippen molar-refractivity contribution in [1.29, 1.82) is 0 Å². The van der Waals surface area contributed by atoms with Crippen molar-refractivity contribution in [1.82, 2.24) is 0 Å². The number of sulfone groups is 1. The van der Waals surface area contributed by atoms with Crippen LogP contribution >= 0.6 is 12.2 Å². The third-order valence-corrected chi connectivity index (χ3v) is 2.99. The molecule has 0 bridgehead atoms. The van der Waals surface area contributed by atoms with Crippen molar-refractivity contribution in [2.45, 2.75) is 6.10 Å². The van der Waals surface area contributed by atoms with E-state index < -0.39 is 34.1 Å².